The second kappa shape index (κ2) is 10.1. The fourth-order valence-corrected chi connectivity index (χ4v) is 4.75. The van der Waals surface area contributed by atoms with E-state index < -0.39 is 22.9 Å². The van der Waals surface area contributed by atoms with E-state index in [1.54, 1.807) is 13.8 Å². The lowest BCUT2D eigenvalue weighted by atomic mass is 9.82. The van der Waals surface area contributed by atoms with Crippen LogP contribution in [0.1, 0.15) is 43.7 Å². The number of nitrogens with one attached hydrogen (secondary N) is 2. The van der Waals surface area contributed by atoms with Crippen molar-refractivity contribution in [2.24, 2.45) is 10.8 Å². The van der Waals surface area contributed by atoms with Crippen molar-refractivity contribution in [2.75, 3.05) is 32.9 Å². The summed E-state index contributed by atoms with van der Waals surface area (Å²) in [5.41, 5.74) is 2.47. The van der Waals surface area contributed by atoms with E-state index in [9.17, 15) is 19.5 Å². The van der Waals surface area contributed by atoms with E-state index in [2.05, 4.69) is 34.9 Å². The molecule has 35 heavy (non-hydrogen) atoms. The van der Waals surface area contributed by atoms with Crippen LogP contribution in [0.25, 0.3) is 11.1 Å². The number of carboxylic acids is 1. The maximum atomic E-state index is 12.8. The van der Waals surface area contributed by atoms with Gasteiger partial charge in [0, 0.05) is 25.6 Å². The maximum absolute atomic E-state index is 12.8. The van der Waals surface area contributed by atoms with Gasteiger partial charge in [0.25, 0.3) is 0 Å². The molecule has 2 amide bonds. The van der Waals surface area contributed by atoms with Gasteiger partial charge in [-0.3, -0.25) is 9.59 Å². The number of carboxylic acid groups (broad SMARTS) is 1. The summed E-state index contributed by atoms with van der Waals surface area (Å²) < 4.78 is 10.9. The summed E-state index contributed by atoms with van der Waals surface area (Å²) in [7, 11) is 0. The molecular formula is C27H32N2O6. The van der Waals surface area contributed by atoms with Crippen molar-refractivity contribution in [1.29, 1.82) is 0 Å². The minimum absolute atomic E-state index is 0.0183. The second-order valence-electron chi connectivity index (χ2n) is 9.99. The summed E-state index contributed by atoms with van der Waals surface area (Å²) >= 11 is 0. The quantitative estimate of drug-likeness (QED) is 0.533. The van der Waals surface area contributed by atoms with Gasteiger partial charge in [0.1, 0.15) is 12.0 Å². The van der Waals surface area contributed by atoms with Crippen LogP contribution < -0.4 is 10.6 Å². The van der Waals surface area contributed by atoms with Gasteiger partial charge in [-0.25, -0.2) is 4.79 Å². The molecule has 1 aliphatic heterocycles. The summed E-state index contributed by atoms with van der Waals surface area (Å²) in [6, 6.07) is 16.2. The first-order valence-corrected chi connectivity index (χ1v) is 11.9. The van der Waals surface area contributed by atoms with Crippen LogP contribution in [0.5, 0.6) is 0 Å². The lowest BCUT2D eigenvalue weighted by Gasteiger charge is -2.34. The van der Waals surface area contributed by atoms with Crippen molar-refractivity contribution in [3.63, 3.8) is 0 Å². The second-order valence-corrected chi connectivity index (χ2v) is 9.99. The molecule has 0 radical (unpaired) electrons. The Hall–Kier alpha value is -3.39. The molecule has 8 heteroatoms. The van der Waals surface area contributed by atoms with Crippen LogP contribution in [0, 0.1) is 10.8 Å². The fraction of sp³-hybridized carbons (Fsp3) is 0.444. The number of amides is 2. The average molecular weight is 481 g/mol. The van der Waals surface area contributed by atoms with Gasteiger partial charge in [-0.15, -0.1) is 0 Å². The van der Waals surface area contributed by atoms with E-state index in [1.807, 2.05) is 24.3 Å². The van der Waals surface area contributed by atoms with Gasteiger partial charge in [0.15, 0.2) is 0 Å². The highest BCUT2D eigenvalue weighted by atomic mass is 16.5. The SMILES string of the molecule is CC(C)(CNC(=O)OCC1c2ccccc2-c2ccccc21)C(=O)NCC1(C(=O)O)CCCOC1. The molecule has 1 unspecified atom stereocenters. The molecule has 1 atom stereocenters. The first-order chi connectivity index (χ1) is 16.7. The van der Waals surface area contributed by atoms with Crippen molar-refractivity contribution in [3.05, 3.63) is 59.7 Å². The molecule has 0 saturated carbocycles. The molecule has 2 aromatic rings. The highest BCUT2D eigenvalue weighted by Gasteiger charge is 2.42. The summed E-state index contributed by atoms with van der Waals surface area (Å²) in [5.74, 6) is -1.37. The van der Waals surface area contributed by atoms with Gasteiger partial charge in [-0.05, 0) is 48.9 Å². The van der Waals surface area contributed by atoms with Crippen molar-refractivity contribution >= 4 is 18.0 Å². The third-order valence-corrected chi connectivity index (χ3v) is 7.00. The molecule has 1 saturated heterocycles. The number of carbonyl (C=O) groups excluding carboxylic acids is 2. The molecule has 0 spiro atoms. The zero-order chi connectivity index (χ0) is 25.1. The lowest BCUT2D eigenvalue weighted by molar-refractivity contribution is -0.157. The fourth-order valence-electron chi connectivity index (χ4n) is 4.75. The Kier molecular flexibility index (Phi) is 7.12. The Balaban J connectivity index is 1.30. The van der Waals surface area contributed by atoms with Crippen molar-refractivity contribution in [2.45, 2.75) is 32.6 Å². The zero-order valence-corrected chi connectivity index (χ0v) is 20.1. The zero-order valence-electron chi connectivity index (χ0n) is 20.1. The number of alkyl carbamates (subject to hydrolysis) is 1. The average Bonchev–Trinajstić information content (AvgIpc) is 3.19. The van der Waals surface area contributed by atoms with Crippen LogP contribution in [0.15, 0.2) is 48.5 Å². The van der Waals surface area contributed by atoms with Crippen LogP contribution >= 0.6 is 0 Å². The van der Waals surface area contributed by atoms with E-state index >= 15 is 0 Å². The molecule has 1 fully saturated rings. The van der Waals surface area contributed by atoms with Crippen molar-refractivity contribution in [1.82, 2.24) is 10.6 Å². The Morgan fingerprint density at radius 2 is 1.69 bits per heavy atom. The minimum Gasteiger partial charge on any atom is -0.481 e. The van der Waals surface area contributed by atoms with Crippen LogP contribution in [0.3, 0.4) is 0 Å². The van der Waals surface area contributed by atoms with E-state index in [4.69, 9.17) is 9.47 Å². The first-order valence-electron chi connectivity index (χ1n) is 11.9. The van der Waals surface area contributed by atoms with Crippen LogP contribution in [-0.2, 0) is 19.1 Å². The van der Waals surface area contributed by atoms with Crippen molar-refractivity contribution < 1.29 is 29.0 Å². The predicted octanol–water partition coefficient (Wildman–Crippen LogP) is 3.55. The highest BCUT2D eigenvalue weighted by molar-refractivity contribution is 5.84. The smallest absolute Gasteiger partial charge is 0.407 e. The summed E-state index contributed by atoms with van der Waals surface area (Å²) in [4.78, 5) is 37.1. The topological polar surface area (TPSA) is 114 Å². The van der Waals surface area contributed by atoms with Gasteiger partial charge < -0.3 is 25.2 Å². The van der Waals surface area contributed by atoms with Crippen LogP contribution in [-0.4, -0.2) is 56.0 Å². The van der Waals surface area contributed by atoms with E-state index in [-0.39, 0.29) is 38.1 Å². The third kappa shape index (κ3) is 5.17. The van der Waals surface area contributed by atoms with Gasteiger partial charge in [-0.1, -0.05) is 48.5 Å². The van der Waals surface area contributed by atoms with E-state index in [0.717, 1.165) is 22.3 Å². The largest absolute Gasteiger partial charge is 0.481 e. The van der Waals surface area contributed by atoms with Crippen LogP contribution in [0.2, 0.25) is 0 Å². The molecule has 2 aromatic carbocycles. The Labute approximate surface area is 205 Å². The molecule has 1 heterocycles. The summed E-state index contributed by atoms with van der Waals surface area (Å²) in [6.45, 7) is 4.20. The predicted molar refractivity (Wildman–Crippen MR) is 130 cm³/mol. The molecule has 8 nitrogen and oxygen atoms in total. The normalized spacial score (nSPS) is 19.4. The van der Waals surface area contributed by atoms with Gasteiger partial charge in [0.05, 0.1) is 12.0 Å². The van der Waals surface area contributed by atoms with Gasteiger partial charge in [-0.2, -0.15) is 0 Å². The molecule has 0 bridgehead atoms. The van der Waals surface area contributed by atoms with Crippen molar-refractivity contribution in [3.8, 4) is 11.1 Å². The van der Waals surface area contributed by atoms with Crippen LogP contribution in [0.4, 0.5) is 4.79 Å². The number of carbonyl (C=O) groups is 3. The van der Waals surface area contributed by atoms with Gasteiger partial charge in [0.2, 0.25) is 5.91 Å². The molecule has 4 rings (SSSR count). The number of aliphatic carboxylic acids is 1. The molecule has 3 N–H and O–H groups in total. The molecule has 0 aromatic heterocycles. The Bertz CT molecular complexity index is 1060. The summed E-state index contributed by atoms with van der Waals surface area (Å²) in [6.07, 6.45) is 0.478. The Morgan fingerprint density at radius 1 is 1.06 bits per heavy atom. The Morgan fingerprint density at radius 3 is 2.26 bits per heavy atom. The summed E-state index contributed by atoms with van der Waals surface area (Å²) in [5, 5.41) is 15.1. The molecular weight excluding hydrogens is 448 g/mol. The first kappa shape index (κ1) is 24.7. The number of benzene rings is 2. The van der Waals surface area contributed by atoms with E-state index in [0.29, 0.717) is 19.4 Å². The molecule has 1 aliphatic carbocycles. The number of fused-ring (bicyclic) bond motifs is 3. The van der Waals surface area contributed by atoms with Gasteiger partial charge >= 0.3 is 12.1 Å². The third-order valence-electron chi connectivity index (χ3n) is 7.00. The lowest BCUT2D eigenvalue weighted by Crippen LogP contribution is -2.52. The number of hydrogen-bond donors (Lipinski definition) is 3. The number of hydrogen-bond acceptors (Lipinski definition) is 5. The van der Waals surface area contributed by atoms with E-state index in [1.165, 1.54) is 0 Å². The molecule has 2 aliphatic rings. The highest BCUT2D eigenvalue weighted by Crippen LogP contribution is 2.44. The molecule has 186 valence electrons. The maximum Gasteiger partial charge on any atom is 0.407 e. The standard InChI is InChI=1S/C27H32N2O6/c1-26(2,23(30)28-16-27(24(31)32)12-7-13-34-17-27)15-29-25(33)35-14-22-20-10-5-3-8-18(20)19-9-4-6-11-21(19)22/h3-6,8-11,22H,7,12-17H2,1-2H3,(H,28,30)(H,29,33)(H,31,32). The monoisotopic (exact) mass is 480 g/mol. The number of ether oxygens (including phenoxy) is 2. The minimum atomic E-state index is -1.12. The number of rotatable bonds is 8.